The lowest BCUT2D eigenvalue weighted by Gasteiger charge is -2.35. The van der Waals surface area contributed by atoms with Crippen LogP contribution >= 0.6 is 0 Å². The van der Waals surface area contributed by atoms with Gasteiger partial charge in [0.1, 0.15) is 19.2 Å². The van der Waals surface area contributed by atoms with Crippen molar-refractivity contribution in [3.63, 3.8) is 0 Å². The third kappa shape index (κ3) is 5.76. The van der Waals surface area contributed by atoms with Crippen LogP contribution in [-0.2, 0) is 0 Å². The highest BCUT2D eigenvalue weighted by molar-refractivity contribution is 7.03. The quantitative estimate of drug-likeness (QED) is 0.150. The van der Waals surface area contributed by atoms with E-state index in [9.17, 15) is 0 Å². The summed E-state index contributed by atoms with van der Waals surface area (Å²) >= 11 is 0. The Balaban J connectivity index is 0.922. The van der Waals surface area contributed by atoms with Crippen LogP contribution in [0.25, 0.3) is 76.9 Å². The molecule has 0 spiro atoms. The summed E-state index contributed by atoms with van der Waals surface area (Å²) in [5.41, 5.74) is 15.0. The van der Waals surface area contributed by atoms with Crippen LogP contribution in [-0.4, -0.2) is 8.07 Å². The molecule has 0 radical (unpaired) electrons. The van der Waals surface area contributed by atoms with E-state index < -0.39 is 8.07 Å². The van der Waals surface area contributed by atoms with E-state index in [2.05, 4.69) is 223 Å². The van der Waals surface area contributed by atoms with E-state index in [1.807, 2.05) is 18.2 Å². The number of hydrogen-bond donors (Lipinski definition) is 0. The first-order valence-corrected chi connectivity index (χ1v) is 25.3. The first-order valence-electron chi connectivity index (χ1n) is 22.3. The molecule has 0 aliphatic carbocycles. The minimum Gasteiger partial charge on any atom is -0.454 e. The van der Waals surface area contributed by atoms with Crippen LogP contribution in [0, 0.1) is 0 Å². The van der Waals surface area contributed by atoms with Gasteiger partial charge < -0.3 is 18.6 Å². The van der Waals surface area contributed by atoms with Crippen LogP contribution in [0.15, 0.2) is 227 Å². The molecule has 1 aliphatic heterocycles. The second-order valence-corrected chi connectivity index (χ2v) is 22.0. The SMILES string of the molecule is C[Si]1(C)c2cc(N(c3ccccc3)c3cccc4c3oc3ccccc34)ccc2-c2ccc(-c3ccc(N(c4ccccc4)c4cccc5c4oc4ccccc45)cc3)c3cccc1c23. The highest BCUT2D eigenvalue weighted by Crippen LogP contribution is 2.46. The van der Waals surface area contributed by atoms with Gasteiger partial charge in [0.15, 0.2) is 11.2 Å². The largest absolute Gasteiger partial charge is 0.454 e. The van der Waals surface area contributed by atoms with Crippen molar-refractivity contribution in [2.75, 3.05) is 9.80 Å². The molecule has 0 bridgehead atoms. The molecule has 0 N–H and O–H groups in total. The Morgan fingerprint density at radius 2 is 0.800 bits per heavy atom. The van der Waals surface area contributed by atoms with Crippen LogP contribution in [0.4, 0.5) is 34.1 Å². The molecule has 3 heterocycles. The Morgan fingerprint density at radius 3 is 1.42 bits per heavy atom. The van der Waals surface area contributed by atoms with Crippen LogP contribution in [0.5, 0.6) is 0 Å². The lowest BCUT2D eigenvalue weighted by atomic mass is 9.91. The number of benzene rings is 10. The van der Waals surface area contributed by atoms with Gasteiger partial charge in [-0.15, -0.1) is 0 Å². The second-order valence-electron chi connectivity index (χ2n) is 17.6. The van der Waals surface area contributed by atoms with E-state index in [4.69, 9.17) is 8.83 Å². The third-order valence-electron chi connectivity index (χ3n) is 13.7. The summed E-state index contributed by atoms with van der Waals surface area (Å²) in [6.45, 7) is 5.03. The highest BCUT2D eigenvalue weighted by Gasteiger charge is 2.36. The fourth-order valence-corrected chi connectivity index (χ4v) is 13.7. The van der Waals surface area contributed by atoms with Crippen LogP contribution < -0.4 is 20.2 Å². The lowest BCUT2D eigenvalue weighted by molar-refractivity contribution is 0.668. The summed E-state index contributed by atoms with van der Waals surface area (Å²) in [6, 6.07) is 78.7. The van der Waals surface area contributed by atoms with E-state index >= 15 is 0 Å². The maximum absolute atomic E-state index is 6.64. The van der Waals surface area contributed by atoms with Gasteiger partial charge >= 0.3 is 0 Å². The van der Waals surface area contributed by atoms with Gasteiger partial charge in [-0.2, -0.15) is 0 Å². The number of furan rings is 2. The fourth-order valence-electron chi connectivity index (χ4n) is 10.6. The highest BCUT2D eigenvalue weighted by atomic mass is 28.3. The first-order chi connectivity index (χ1) is 32.0. The summed E-state index contributed by atoms with van der Waals surface area (Å²) in [5, 5.41) is 10.0. The minimum absolute atomic E-state index is 0.876. The maximum atomic E-state index is 6.64. The van der Waals surface area contributed by atoms with Gasteiger partial charge in [-0.25, -0.2) is 0 Å². The molecule has 4 nitrogen and oxygen atoms in total. The van der Waals surface area contributed by atoms with Gasteiger partial charge in [-0.3, -0.25) is 0 Å². The first kappa shape index (κ1) is 37.4. The van der Waals surface area contributed by atoms with Crippen molar-refractivity contribution in [2.24, 2.45) is 0 Å². The van der Waals surface area contributed by atoms with Gasteiger partial charge in [0, 0.05) is 44.3 Å². The van der Waals surface area contributed by atoms with Crippen LogP contribution in [0.1, 0.15) is 0 Å². The van der Waals surface area contributed by atoms with Gasteiger partial charge in [-0.1, -0.05) is 159 Å². The van der Waals surface area contributed by atoms with Gasteiger partial charge in [0.05, 0.1) is 11.4 Å². The average Bonchev–Trinajstić information content (AvgIpc) is 3.94. The smallest absolute Gasteiger partial charge is 0.159 e. The molecule has 65 heavy (non-hydrogen) atoms. The number of rotatable bonds is 7. The predicted octanol–water partition coefficient (Wildman–Crippen LogP) is 16.0. The van der Waals surface area contributed by atoms with Gasteiger partial charge in [0.2, 0.25) is 0 Å². The minimum atomic E-state index is -2.24. The number of anilines is 6. The number of nitrogens with zero attached hydrogens (tertiary/aromatic N) is 2. The third-order valence-corrected chi connectivity index (χ3v) is 17.2. The molecule has 0 fully saturated rings. The average molecular weight is 851 g/mol. The standard InChI is InChI=1S/C60H42N2O2Si/c1-65(2)56-29-15-22-48-44(39-30-32-42(33-31-39)61(40-16-5-3-6-17-40)52-25-13-23-50-45-20-9-11-27-54(45)63-59(50)52)36-37-49(58(48)56)47-35-34-43(38-57(47)65)62(41-18-7-4-8-19-41)53-26-14-24-51-46-21-10-12-28-55(46)64-60(51)53/h3-38H,1-2H3. The van der Waals surface area contributed by atoms with Crippen molar-refractivity contribution in [1.82, 2.24) is 0 Å². The van der Waals surface area contributed by atoms with Gasteiger partial charge in [-0.05, 0) is 116 Å². The second kappa shape index (κ2) is 14.5. The molecular weight excluding hydrogens is 809 g/mol. The van der Waals surface area contributed by atoms with Crippen molar-refractivity contribution in [3.8, 4) is 22.3 Å². The summed E-state index contributed by atoms with van der Waals surface area (Å²) < 4.78 is 13.2. The molecule has 10 aromatic carbocycles. The van der Waals surface area contributed by atoms with E-state index in [0.29, 0.717) is 0 Å². The normalized spacial score (nSPS) is 12.9. The molecule has 1 aliphatic rings. The Kier molecular flexibility index (Phi) is 8.33. The Labute approximate surface area is 377 Å². The molecule has 0 amide bonds. The summed E-state index contributed by atoms with van der Waals surface area (Å²) in [4.78, 5) is 4.68. The van der Waals surface area contributed by atoms with Crippen molar-refractivity contribution in [3.05, 3.63) is 218 Å². The summed E-state index contributed by atoms with van der Waals surface area (Å²) in [5.74, 6) is 0. The molecule has 0 atom stereocenters. The summed E-state index contributed by atoms with van der Waals surface area (Å²) in [6.07, 6.45) is 0. The Morgan fingerprint density at radius 1 is 0.338 bits per heavy atom. The zero-order chi connectivity index (χ0) is 43.2. The molecule has 12 aromatic rings. The summed E-state index contributed by atoms with van der Waals surface area (Å²) in [7, 11) is -2.24. The Hall–Kier alpha value is -8.12. The van der Waals surface area contributed by atoms with E-state index in [0.717, 1.165) is 78.0 Å². The predicted molar refractivity (Wildman–Crippen MR) is 275 cm³/mol. The number of hydrogen-bond acceptors (Lipinski definition) is 4. The monoisotopic (exact) mass is 850 g/mol. The maximum Gasteiger partial charge on any atom is 0.159 e. The van der Waals surface area contributed by atoms with E-state index in [1.54, 1.807) is 0 Å². The fraction of sp³-hybridized carbons (Fsp3) is 0.0333. The van der Waals surface area contributed by atoms with Crippen LogP contribution in [0.3, 0.4) is 0 Å². The zero-order valence-electron chi connectivity index (χ0n) is 36.0. The molecule has 2 aromatic heterocycles. The van der Waals surface area contributed by atoms with Crippen molar-refractivity contribution in [2.45, 2.75) is 13.1 Å². The molecule has 5 heteroatoms. The molecule has 0 unspecified atom stereocenters. The van der Waals surface area contributed by atoms with Crippen molar-refractivity contribution >= 4 is 107 Å². The molecule has 0 saturated carbocycles. The molecular formula is C60H42N2O2Si. The zero-order valence-corrected chi connectivity index (χ0v) is 37.0. The van der Waals surface area contributed by atoms with E-state index in [1.165, 1.54) is 43.4 Å². The lowest BCUT2D eigenvalue weighted by Crippen LogP contribution is -2.56. The molecule has 308 valence electrons. The van der Waals surface area contributed by atoms with E-state index in [-0.39, 0.29) is 0 Å². The number of fused-ring (bicyclic) bond motifs is 8. The molecule has 13 rings (SSSR count). The van der Waals surface area contributed by atoms with Gasteiger partial charge in [0.25, 0.3) is 0 Å². The number of para-hydroxylation sites is 6. The van der Waals surface area contributed by atoms with Crippen molar-refractivity contribution in [1.29, 1.82) is 0 Å². The Bertz CT molecular complexity index is 3810. The van der Waals surface area contributed by atoms with Crippen LogP contribution in [0.2, 0.25) is 13.1 Å². The molecule has 0 saturated heterocycles. The van der Waals surface area contributed by atoms with Crippen molar-refractivity contribution < 1.29 is 8.83 Å². The topological polar surface area (TPSA) is 32.8 Å².